The minimum Gasteiger partial charge on any atom is -0.352 e. The first-order valence-corrected chi connectivity index (χ1v) is 11.7. The predicted molar refractivity (Wildman–Crippen MR) is 116 cm³/mol. The molecule has 1 N–H and O–H groups in total. The van der Waals surface area contributed by atoms with Gasteiger partial charge in [-0.05, 0) is 37.8 Å². The molecule has 2 amide bonds. The highest BCUT2D eigenvalue weighted by molar-refractivity contribution is 7.99. The summed E-state index contributed by atoms with van der Waals surface area (Å²) < 4.78 is 14.0. The van der Waals surface area contributed by atoms with E-state index < -0.39 is 6.04 Å². The Bertz CT molecular complexity index is 871. The molecule has 2 heterocycles. The standard InChI is InChI=1S/C21H26FN3O2S2/c1-13(2)8-9-14(3)24-19(26)17-11-28-12-25(17)21(27)18-10-23-20(29-18)15-6-4-5-7-16(15)22/h4-7,10,13-14,17H,8-9,11-12H2,1-3H3,(H,24,26). The van der Waals surface area contributed by atoms with Crippen LogP contribution in [0.1, 0.15) is 43.3 Å². The van der Waals surface area contributed by atoms with Crippen LogP contribution in [0.5, 0.6) is 0 Å². The van der Waals surface area contributed by atoms with Crippen LogP contribution in [-0.4, -0.2) is 45.4 Å². The zero-order chi connectivity index (χ0) is 21.0. The number of halogens is 1. The molecule has 5 nitrogen and oxygen atoms in total. The smallest absolute Gasteiger partial charge is 0.266 e. The lowest BCUT2D eigenvalue weighted by molar-refractivity contribution is -0.125. The largest absolute Gasteiger partial charge is 0.352 e. The number of carbonyl (C=O) groups excluding carboxylic acids is 2. The Morgan fingerprint density at radius 3 is 2.76 bits per heavy atom. The topological polar surface area (TPSA) is 62.3 Å². The summed E-state index contributed by atoms with van der Waals surface area (Å²) in [7, 11) is 0. The van der Waals surface area contributed by atoms with Gasteiger partial charge in [-0.2, -0.15) is 0 Å². The fourth-order valence-corrected chi connectivity index (χ4v) is 5.18. The van der Waals surface area contributed by atoms with Crippen molar-refractivity contribution in [3.05, 3.63) is 41.2 Å². The molecule has 156 valence electrons. The van der Waals surface area contributed by atoms with E-state index in [0.717, 1.165) is 24.2 Å². The van der Waals surface area contributed by atoms with Crippen molar-refractivity contribution in [2.75, 3.05) is 11.6 Å². The van der Waals surface area contributed by atoms with Crippen molar-refractivity contribution >= 4 is 34.9 Å². The SMILES string of the molecule is CC(C)CCC(C)NC(=O)C1CSCN1C(=O)c1cnc(-c2ccccc2F)s1. The van der Waals surface area contributed by atoms with Gasteiger partial charge in [0.05, 0.1) is 12.1 Å². The van der Waals surface area contributed by atoms with Gasteiger partial charge < -0.3 is 10.2 Å². The number of aromatic nitrogens is 1. The highest BCUT2D eigenvalue weighted by atomic mass is 32.2. The number of carbonyl (C=O) groups is 2. The van der Waals surface area contributed by atoms with Gasteiger partial charge in [-0.25, -0.2) is 9.37 Å². The van der Waals surface area contributed by atoms with Gasteiger partial charge in [0.1, 0.15) is 21.7 Å². The Hall–Kier alpha value is -1.93. The number of benzene rings is 1. The lowest BCUT2D eigenvalue weighted by Gasteiger charge is -2.24. The molecule has 1 saturated heterocycles. The Morgan fingerprint density at radius 2 is 2.03 bits per heavy atom. The first kappa shape index (κ1) is 21.8. The normalized spacial score (nSPS) is 17.6. The molecule has 8 heteroatoms. The third kappa shape index (κ3) is 5.36. The van der Waals surface area contributed by atoms with Crippen LogP contribution in [0.15, 0.2) is 30.5 Å². The maximum atomic E-state index is 14.0. The maximum absolute atomic E-state index is 14.0. The molecule has 0 bridgehead atoms. The molecular formula is C21H26FN3O2S2. The van der Waals surface area contributed by atoms with Crippen molar-refractivity contribution in [3.8, 4) is 10.6 Å². The summed E-state index contributed by atoms with van der Waals surface area (Å²) in [6.07, 6.45) is 3.43. The van der Waals surface area contributed by atoms with E-state index in [-0.39, 0.29) is 23.7 Å². The number of amides is 2. The van der Waals surface area contributed by atoms with Crippen LogP contribution in [0, 0.1) is 11.7 Å². The molecule has 0 radical (unpaired) electrons. The first-order valence-electron chi connectivity index (χ1n) is 9.76. The number of thiazole rings is 1. The van der Waals surface area contributed by atoms with Crippen molar-refractivity contribution in [2.45, 2.75) is 45.7 Å². The highest BCUT2D eigenvalue weighted by Crippen LogP contribution is 2.30. The van der Waals surface area contributed by atoms with E-state index in [1.54, 1.807) is 34.9 Å². The summed E-state index contributed by atoms with van der Waals surface area (Å²) in [6, 6.07) is 5.94. The number of nitrogens with zero attached hydrogens (tertiary/aromatic N) is 2. The second-order valence-electron chi connectivity index (χ2n) is 7.68. The summed E-state index contributed by atoms with van der Waals surface area (Å²) >= 11 is 2.71. The second-order valence-corrected chi connectivity index (χ2v) is 9.71. The van der Waals surface area contributed by atoms with E-state index in [1.807, 2.05) is 6.92 Å². The third-order valence-electron chi connectivity index (χ3n) is 4.83. The van der Waals surface area contributed by atoms with E-state index in [9.17, 15) is 14.0 Å². The van der Waals surface area contributed by atoms with E-state index in [2.05, 4.69) is 24.1 Å². The van der Waals surface area contributed by atoms with Crippen molar-refractivity contribution in [1.29, 1.82) is 0 Å². The van der Waals surface area contributed by atoms with Gasteiger partial charge in [0.25, 0.3) is 5.91 Å². The number of hydrogen-bond acceptors (Lipinski definition) is 5. The monoisotopic (exact) mass is 435 g/mol. The molecule has 1 aliphatic heterocycles. The van der Waals surface area contributed by atoms with Crippen molar-refractivity contribution in [2.24, 2.45) is 5.92 Å². The van der Waals surface area contributed by atoms with Crippen LogP contribution in [0.25, 0.3) is 10.6 Å². The zero-order valence-corrected chi connectivity index (χ0v) is 18.5. The highest BCUT2D eigenvalue weighted by Gasteiger charge is 2.36. The summed E-state index contributed by atoms with van der Waals surface area (Å²) in [4.78, 5) is 32.0. The van der Waals surface area contributed by atoms with Gasteiger partial charge >= 0.3 is 0 Å². The molecule has 1 aliphatic rings. The Morgan fingerprint density at radius 1 is 1.28 bits per heavy atom. The average Bonchev–Trinajstić information content (AvgIpc) is 3.36. The van der Waals surface area contributed by atoms with Gasteiger partial charge in [-0.3, -0.25) is 9.59 Å². The van der Waals surface area contributed by atoms with Crippen LogP contribution in [-0.2, 0) is 4.79 Å². The number of thioether (sulfide) groups is 1. The van der Waals surface area contributed by atoms with Gasteiger partial charge in [0.15, 0.2) is 0 Å². The molecular weight excluding hydrogens is 409 g/mol. The van der Waals surface area contributed by atoms with E-state index in [4.69, 9.17) is 0 Å². The van der Waals surface area contributed by atoms with Crippen LogP contribution >= 0.6 is 23.1 Å². The molecule has 1 aromatic heterocycles. The minimum atomic E-state index is -0.493. The molecule has 1 fully saturated rings. The van der Waals surface area contributed by atoms with Crippen LogP contribution in [0.3, 0.4) is 0 Å². The number of nitrogens with one attached hydrogen (secondary N) is 1. The minimum absolute atomic E-state index is 0.0727. The van der Waals surface area contributed by atoms with Gasteiger partial charge in [0.2, 0.25) is 5.91 Å². The first-order chi connectivity index (χ1) is 13.9. The Kier molecular flexibility index (Phi) is 7.29. The van der Waals surface area contributed by atoms with E-state index in [1.165, 1.54) is 12.3 Å². The van der Waals surface area contributed by atoms with Gasteiger partial charge in [-0.15, -0.1) is 23.1 Å². The van der Waals surface area contributed by atoms with Crippen molar-refractivity contribution in [3.63, 3.8) is 0 Å². The molecule has 1 aromatic carbocycles. The zero-order valence-electron chi connectivity index (χ0n) is 16.9. The van der Waals surface area contributed by atoms with Crippen LogP contribution < -0.4 is 5.32 Å². The van der Waals surface area contributed by atoms with Crippen molar-refractivity contribution < 1.29 is 14.0 Å². The molecule has 2 aromatic rings. The van der Waals surface area contributed by atoms with E-state index in [0.29, 0.717) is 33.0 Å². The lowest BCUT2D eigenvalue weighted by Crippen LogP contribution is -2.49. The van der Waals surface area contributed by atoms with Crippen LogP contribution in [0.2, 0.25) is 0 Å². The summed E-state index contributed by atoms with van der Waals surface area (Å²) in [6.45, 7) is 6.32. The summed E-state index contributed by atoms with van der Waals surface area (Å²) in [5, 5.41) is 3.50. The third-order valence-corrected chi connectivity index (χ3v) is 6.86. The van der Waals surface area contributed by atoms with Gasteiger partial charge in [-0.1, -0.05) is 26.0 Å². The van der Waals surface area contributed by atoms with E-state index >= 15 is 0 Å². The molecule has 0 saturated carbocycles. The molecule has 2 unspecified atom stereocenters. The molecule has 0 aliphatic carbocycles. The summed E-state index contributed by atoms with van der Waals surface area (Å²) in [5.74, 6) is 0.913. The fourth-order valence-electron chi connectivity index (χ4n) is 3.13. The number of rotatable bonds is 7. The molecule has 0 spiro atoms. The lowest BCUT2D eigenvalue weighted by atomic mass is 10.0. The molecule has 3 rings (SSSR count). The maximum Gasteiger partial charge on any atom is 0.266 e. The Labute approximate surface area is 179 Å². The number of hydrogen-bond donors (Lipinski definition) is 1. The quantitative estimate of drug-likeness (QED) is 0.700. The summed E-state index contributed by atoms with van der Waals surface area (Å²) in [5.41, 5.74) is 0.376. The van der Waals surface area contributed by atoms with Crippen LogP contribution in [0.4, 0.5) is 4.39 Å². The Balaban J connectivity index is 1.67. The van der Waals surface area contributed by atoms with Gasteiger partial charge in [0, 0.05) is 17.4 Å². The second kappa shape index (κ2) is 9.71. The predicted octanol–water partition coefficient (Wildman–Crippen LogP) is 4.41. The van der Waals surface area contributed by atoms with Crippen molar-refractivity contribution in [1.82, 2.24) is 15.2 Å². The average molecular weight is 436 g/mol. The fraction of sp³-hybridized carbons (Fsp3) is 0.476. The molecule has 29 heavy (non-hydrogen) atoms. The molecule has 2 atom stereocenters.